The minimum absolute atomic E-state index is 0.0427. The summed E-state index contributed by atoms with van der Waals surface area (Å²) >= 11 is 6.07. The summed E-state index contributed by atoms with van der Waals surface area (Å²) in [5.41, 5.74) is 7.89. The van der Waals surface area contributed by atoms with Crippen LogP contribution in [-0.4, -0.2) is 29.4 Å². The summed E-state index contributed by atoms with van der Waals surface area (Å²) in [5, 5.41) is 0.719. The average Bonchev–Trinajstić information content (AvgIpc) is 2.40. The zero-order valence-corrected chi connectivity index (χ0v) is 12.7. The number of carbonyl (C=O) groups is 1. The van der Waals surface area contributed by atoms with Crippen LogP contribution in [0, 0.1) is 6.92 Å². The maximum Gasteiger partial charge on any atom is 0.246 e. The van der Waals surface area contributed by atoms with Crippen LogP contribution in [0.5, 0.6) is 0 Å². The van der Waals surface area contributed by atoms with Gasteiger partial charge in [-0.3, -0.25) is 4.79 Å². The Labute approximate surface area is 125 Å². The zero-order valence-electron chi connectivity index (χ0n) is 12.0. The monoisotopic (exact) mass is 292 g/mol. The molecule has 20 heavy (non-hydrogen) atoms. The van der Waals surface area contributed by atoms with E-state index in [1.165, 1.54) is 0 Å². The highest BCUT2D eigenvalue weighted by Gasteiger charge is 2.25. The number of halogens is 1. The van der Waals surface area contributed by atoms with Crippen molar-refractivity contribution in [1.29, 1.82) is 0 Å². The number of nitrogens with zero attached hydrogens (tertiary/aromatic N) is 1. The van der Waals surface area contributed by atoms with Gasteiger partial charge in [0.1, 0.15) is 0 Å². The third-order valence-electron chi connectivity index (χ3n) is 3.81. The molecule has 0 bridgehead atoms. The molecule has 0 radical (unpaired) electrons. The molecule has 4 heteroatoms. The Morgan fingerprint density at radius 2 is 2.25 bits per heavy atom. The summed E-state index contributed by atoms with van der Waals surface area (Å²) in [6.45, 7) is 4.74. The van der Waals surface area contributed by atoms with Crippen molar-refractivity contribution in [3.63, 3.8) is 0 Å². The average molecular weight is 293 g/mol. The van der Waals surface area contributed by atoms with Crippen molar-refractivity contribution >= 4 is 23.6 Å². The van der Waals surface area contributed by atoms with E-state index in [0.717, 1.165) is 35.5 Å². The smallest absolute Gasteiger partial charge is 0.246 e. The van der Waals surface area contributed by atoms with E-state index < -0.39 is 0 Å². The lowest BCUT2D eigenvalue weighted by Crippen LogP contribution is -2.47. The number of nitrogens with two attached hydrogens (primary N) is 1. The number of hydrogen-bond acceptors (Lipinski definition) is 2. The first-order valence-electron chi connectivity index (χ1n) is 6.98. The first-order chi connectivity index (χ1) is 9.47. The van der Waals surface area contributed by atoms with Gasteiger partial charge in [0.2, 0.25) is 5.91 Å². The number of carbonyl (C=O) groups excluding carboxylic acids is 1. The molecule has 0 saturated carbocycles. The van der Waals surface area contributed by atoms with Gasteiger partial charge in [0.05, 0.1) is 0 Å². The van der Waals surface area contributed by atoms with E-state index in [-0.39, 0.29) is 18.0 Å². The molecule has 1 heterocycles. The van der Waals surface area contributed by atoms with Crippen LogP contribution in [0.2, 0.25) is 5.02 Å². The molecule has 1 aromatic rings. The van der Waals surface area contributed by atoms with Crippen LogP contribution in [0.3, 0.4) is 0 Å². The number of benzene rings is 1. The molecular weight excluding hydrogens is 272 g/mol. The van der Waals surface area contributed by atoms with E-state index in [9.17, 15) is 4.79 Å². The summed E-state index contributed by atoms with van der Waals surface area (Å²) in [6, 6.07) is 6.21. The van der Waals surface area contributed by atoms with Crippen LogP contribution < -0.4 is 5.73 Å². The molecule has 1 aliphatic heterocycles. The largest absolute Gasteiger partial charge is 0.336 e. The van der Waals surface area contributed by atoms with E-state index in [2.05, 4.69) is 0 Å². The fraction of sp³-hybridized carbons (Fsp3) is 0.438. The van der Waals surface area contributed by atoms with Crippen LogP contribution >= 0.6 is 11.6 Å². The number of rotatable bonds is 2. The van der Waals surface area contributed by atoms with Gasteiger partial charge < -0.3 is 10.6 Å². The quantitative estimate of drug-likeness (QED) is 0.852. The van der Waals surface area contributed by atoms with Gasteiger partial charge in [0.15, 0.2) is 0 Å². The maximum atomic E-state index is 12.2. The van der Waals surface area contributed by atoms with Crippen LogP contribution in [0.4, 0.5) is 0 Å². The SMILES string of the molecule is Cc1ccc(/C=C/C(=O)N2CCC(N)CC2C)cc1Cl. The second-order valence-electron chi connectivity index (χ2n) is 5.51. The molecule has 2 rings (SSSR count). The summed E-state index contributed by atoms with van der Waals surface area (Å²) < 4.78 is 0. The number of hydrogen-bond donors (Lipinski definition) is 1. The van der Waals surface area contributed by atoms with Crippen LogP contribution in [0.15, 0.2) is 24.3 Å². The Kier molecular flexibility index (Phi) is 4.84. The van der Waals surface area contributed by atoms with Crippen molar-refractivity contribution in [2.75, 3.05) is 6.54 Å². The van der Waals surface area contributed by atoms with Gasteiger partial charge in [-0.25, -0.2) is 0 Å². The van der Waals surface area contributed by atoms with E-state index >= 15 is 0 Å². The molecule has 3 nitrogen and oxygen atoms in total. The molecule has 108 valence electrons. The van der Waals surface area contributed by atoms with Crippen LogP contribution in [-0.2, 0) is 4.79 Å². The van der Waals surface area contributed by atoms with Gasteiger partial charge in [0, 0.05) is 29.7 Å². The molecule has 2 unspecified atom stereocenters. The van der Waals surface area contributed by atoms with Crippen molar-refractivity contribution in [3.05, 3.63) is 40.4 Å². The summed E-state index contributed by atoms with van der Waals surface area (Å²) in [6.07, 6.45) is 5.18. The third-order valence-corrected chi connectivity index (χ3v) is 4.22. The van der Waals surface area contributed by atoms with Crippen LogP contribution in [0.25, 0.3) is 6.08 Å². The topological polar surface area (TPSA) is 46.3 Å². The van der Waals surface area contributed by atoms with E-state index in [1.54, 1.807) is 6.08 Å². The standard InChI is InChI=1S/C16H21ClN2O/c1-11-3-4-13(10-15(11)17)5-6-16(20)19-8-7-14(18)9-12(19)2/h3-6,10,12,14H,7-9,18H2,1-2H3/b6-5+. The van der Waals surface area contributed by atoms with Gasteiger partial charge >= 0.3 is 0 Å². The van der Waals surface area contributed by atoms with Crippen molar-refractivity contribution in [2.45, 2.75) is 38.8 Å². The fourth-order valence-electron chi connectivity index (χ4n) is 2.51. The predicted molar refractivity (Wildman–Crippen MR) is 83.6 cm³/mol. The number of amides is 1. The normalized spacial score (nSPS) is 23.3. The Morgan fingerprint density at radius 1 is 1.50 bits per heavy atom. The van der Waals surface area contributed by atoms with Crippen molar-refractivity contribution in [1.82, 2.24) is 4.90 Å². The van der Waals surface area contributed by atoms with Gasteiger partial charge in [-0.05, 0) is 50.0 Å². The number of aryl methyl sites for hydroxylation is 1. The molecule has 1 amide bonds. The van der Waals surface area contributed by atoms with E-state index in [4.69, 9.17) is 17.3 Å². The molecule has 1 aliphatic rings. The molecule has 2 N–H and O–H groups in total. The molecule has 0 spiro atoms. The zero-order chi connectivity index (χ0) is 14.7. The lowest BCUT2D eigenvalue weighted by Gasteiger charge is -2.35. The number of likely N-dealkylation sites (tertiary alicyclic amines) is 1. The maximum absolute atomic E-state index is 12.2. The minimum Gasteiger partial charge on any atom is -0.336 e. The lowest BCUT2D eigenvalue weighted by atomic mass is 9.99. The van der Waals surface area contributed by atoms with E-state index in [1.807, 2.05) is 43.0 Å². The molecule has 1 fully saturated rings. The van der Waals surface area contributed by atoms with Gasteiger partial charge in [-0.1, -0.05) is 23.7 Å². The Bertz CT molecular complexity index is 527. The van der Waals surface area contributed by atoms with Crippen molar-refractivity contribution < 1.29 is 4.79 Å². The van der Waals surface area contributed by atoms with E-state index in [0.29, 0.717) is 0 Å². The number of piperidine rings is 1. The summed E-state index contributed by atoms with van der Waals surface area (Å²) in [7, 11) is 0. The highest BCUT2D eigenvalue weighted by atomic mass is 35.5. The fourth-order valence-corrected chi connectivity index (χ4v) is 2.70. The first kappa shape index (κ1) is 15.1. The van der Waals surface area contributed by atoms with Crippen molar-refractivity contribution in [3.8, 4) is 0 Å². The minimum atomic E-state index is 0.0427. The lowest BCUT2D eigenvalue weighted by molar-refractivity contribution is -0.129. The van der Waals surface area contributed by atoms with Crippen LogP contribution in [0.1, 0.15) is 30.9 Å². The first-order valence-corrected chi connectivity index (χ1v) is 7.35. The summed E-state index contributed by atoms with van der Waals surface area (Å²) in [4.78, 5) is 14.1. The Balaban J connectivity index is 2.03. The highest BCUT2D eigenvalue weighted by molar-refractivity contribution is 6.31. The van der Waals surface area contributed by atoms with Gasteiger partial charge in [0.25, 0.3) is 0 Å². The highest BCUT2D eigenvalue weighted by Crippen LogP contribution is 2.19. The summed E-state index contributed by atoms with van der Waals surface area (Å²) in [5.74, 6) is 0.0427. The molecule has 2 atom stereocenters. The second-order valence-corrected chi connectivity index (χ2v) is 5.91. The third kappa shape index (κ3) is 3.62. The molecule has 1 aromatic carbocycles. The molecule has 0 aliphatic carbocycles. The molecule has 1 saturated heterocycles. The van der Waals surface area contributed by atoms with Gasteiger partial charge in [-0.2, -0.15) is 0 Å². The van der Waals surface area contributed by atoms with Crippen molar-refractivity contribution in [2.24, 2.45) is 5.73 Å². The Hall–Kier alpha value is -1.32. The predicted octanol–water partition coefficient (Wildman–Crippen LogP) is 3.00. The Morgan fingerprint density at radius 3 is 2.90 bits per heavy atom. The second kappa shape index (κ2) is 6.42. The van der Waals surface area contributed by atoms with Gasteiger partial charge in [-0.15, -0.1) is 0 Å². The molecule has 0 aromatic heterocycles. The molecular formula is C16H21ClN2O.